The van der Waals surface area contributed by atoms with Gasteiger partial charge in [-0.1, -0.05) is 12.2 Å². The maximum absolute atomic E-state index is 11.5. The summed E-state index contributed by atoms with van der Waals surface area (Å²) in [6, 6.07) is 9.49. The number of ether oxygens (including phenoxy) is 1. The molecule has 1 aromatic carbocycles. The smallest absolute Gasteiger partial charge is 0.271 e. The second-order valence-corrected chi connectivity index (χ2v) is 6.29. The van der Waals surface area contributed by atoms with E-state index >= 15 is 0 Å². The molecule has 4 rings (SSSR count). The number of allylic oxidation sites excluding steroid dienone is 1. The third-order valence-corrected chi connectivity index (χ3v) is 4.39. The summed E-state index contributed by atoms with van der Waals surface area (Å²) in [6.45, 7) is 0. The zero-order valence-electron chi connectivity index (χ0n) is 13.5. The van der Waals surface area contributed by atoms with Crippen LogP contribution in [0, 0.1) is 5.92 Å². The van der Waals surface area contributed by atoms with Crippen molar-refractivity contribution in [2.75, 3.05) is 0 Å². The van der Waals surface area contributed by atoms with Crippen molar-refractivity contribution in [2.45, 2.75) is 25.2 Å². The Morgan fingerprint density at radius 1 is 1.28 bits per heavy atom. The molecule has 0 radical (unpaired) electrons. The van der Waals surface area contributed by atoms with E-state index in [2.05, 4.69) is 4.98 Å². The fraction of sp³-hybridized carbons (Fsp3) is 0.263. The summed E-state index contributed by atoms with van der Waals surface area (Å²) in [4.78, 5) is 15.9. The quantitative estimate of drug-likeness (QED) is 0.433. The molecule has 0 spiro atoms. The van der Waals surface area contributed by atoms with E-state index in [1.165, 1.54) is 12.1 Å². The summed E-state index contributed by atoms with van der Waals surface area (Å²) in [7, 11) is 0. The van der Waals surface area contributed by atoms with Crippen LogP contribution in [-0.4, -0.2) is 16.0 Å². The molecule has 0 amide bonds. The largest absolute Gasteiger partial charge is 0.453 e. The zero-order valence-corrected chi connectivity index (χ0v) is 13.5. The van der Waals surface area contributed by atoms with Crippen molar-refractivity contribution < 1.29 is 14.3 Å². The minimum atomic E-state index is -1.79. The number of benzene rings is 2. The third-order valence-electron chi connectivity index (χ3n) is 4.39. The van der Waals surface area contributed by atoms with Crippen molar-refractivity contribution in [1.29, 1.82) is 0 Å². The number of nitrogens with zero attached hydrogens (tertiary/aromatic N) is 1. The van der Waals surface area contributed by atoms with Crippen LogP contribution in [0.25, 0.3) is 22.6 Å². The Bertz CT molecular complexity index is 977. The van der Waals surface area contributed by atoms with E-state index in [1.54, 1.807) is 24.3 Å². The highest BCUT2D eigenvalue weighted by molar-refractivity contribution is 5.77. The summed E-state index contributed by atoms with van der Waals surface area (Å²) in [5, 5.41) is 10.5. The highest BCUT2D eigenvalue weighted by Crippen LogP contribution is 2.30. The first-order valence-corrected chi connectivity index (χ1v) is 8.23. The van der Waals surface area contributed by atoms with Crippen molar-refractivity contribution in [2.24, 2.45) is 11.7 Å². The van der Waals surface area contributed by atoms with Gasteiger partial charge in [0.25, 0.3) is 5.91 Å². The summed E-state index contributed by atoms with van der Waals surface area (Å²) in [5.74, 6) is -1.29. The molecule has 0 saturated carbocycles. The molecule has 6 nitrogen and oxygen atoms in total. The van der Waals surface area contributed by atoms with Gasteiger partial charge in [-0.2, -0.15) is 0 Å². The Hall–Kier alpha value is -2.70. The van der Waals surface area contributed by atoms with Gasteiger partial charge in [-0.3, -0.25) is 10.5 Å². The minimum absolute atomic E-state index is 0.148. The highest BCUT2D eigenvalue weighted by atomic mass is 16.6. The molecular weight excluding hydrogens is 320 g/mol. The number of rotatable bonds is 3. The standard InChI is InChI=1S/C19H18N2O4/c20-19(23,12-4-2-1-3-5-12)25-14-7-9-16-18(11-14)24-17-10-13(22)6-8-15(17)21-16/h2,4,6-12,23H,1,3,5,20H2. The van der Waals surface area contributed by atoms with Gasteiger partial charge in [0.1, 0.15) is 17.0 Å². The van der Waals surface area contributed by atoms with Crippen LogP contribution in [0.2, 0.25) is 0 Å². The predicted molar refractivity (Wildman–Crippen MR) is 93.1 cm³/mol. The van der Waals surface area contributed by atoms with Crippen molar-refractivity contribution in [3.8, 4) is 17.2 Å². The zero-order chi connectivity index (χ0) is 17.4. The molecule has 0 saturated heterocycles. The predicted octanol–water partition coefficient (Wildman–Crippen LogP) is 2.63. The van der Waals surface area contributed by atoms with Gasteiger partial charge in [-0.15, -0.1) is 0 Å². The molecule has 0 fully saturated rings. The average Bonchev–Trinajstić information content (AvgIpc) is 2.60. The lowest BCUT2D eigenvalue weighted by Crippen LogP contribution is -2.52. The molecule has 3 aliphatic rings. The molecule has 25 heavy (non-hydrogen) atoms. The third kappa shape index (κ3) is 3.14. The fourth-order valence-corrected chi connectivity index (χ4v) is 3.07. The Morgan fingerprint density at radius 2 is 2.16 bits per heavy atom. The maximum atomic E-state index is 11.5. The van der Waals surface area contributed by atoms with Crippen molar-refractivity contribution in [1.82, 2.24) is 4.98 Å². The Labute approximate surface area is 143 Å². The topological polar surface area (TPSA) is 98.6 Å². The number of hydrogen-bond donors (Lipinski definition) is 2. The van der Waals surface area contributed by atoms with Crippen LogP contribution in [0.15, 0.2) is 57.8 Å². The van der Waals surface area contributed by atoms with Gasteiger partial charge >= 0.3 is 0 Å². The van der Waals surface area contributed by atoms with E-state index in [0.717, 1.165) is 19.3 Å². The Kier molecular flexibility index (Phi) is 3.78. The van der Waals surface area contributed by atoms with E-state index in [1.807, 2.05) is 12.2 Å². The summed E-state index contributed by atoms with van der Waals surface area (Å²) < 4.78 is 11.4. The van der Waals surface area contributed by atoms with E-state index in [9.17, 15) is 9.90 Å². The summed E-state index contributed by atoms with van der Waals surface area (Å²) in [6.07, 6.45) is 6.60. The molecule has 2 unspecified atom stereocenters. The van der Waals surface area contributed by atoms with Crippen LogP contribution in [0.1, 0.15) is 19.3 Å². The van der Waals surface area contributed by atoms with E-state index in [4.69, 9.17) is 14.9 Å². The summed E-state index contributed by atoms with van der Waals surface area (Å²) >= 11 is 0. The van der Waals surface area contributed by atoms with Crippen LogP contribution in [0.5, 0.6) is 5.75 Å². The van der Waals surface area contributed by atoms with Crippen molar-refractivity contribution in [3.63, 3.8) is 0 Å². The number of nitrogens with two attached hydrogens (primary N) is 1. The van der Waals surface area contributed by atoms with Crippen LogP contribution < -0.4 is 15.9 Å². The SMILES string of the molecule is NC(O)(Oc1ccc2nc3ccc(=O)cc-3oc2c1)C1C=CCCC1. The van der Waals surface area contributed by atoms with Gasteiger partial charge < -0.3 is 14.3 Å². The number of aliphatic hydroxyl groups is 1. The van der Waals surface area contributed by atoms with Crippen LogP contribution >= 0.6 is 0 Å². The first kappa shape index (κ1) is 15.8. The molecule has 0 aromatic heterocycles. The molecule has 128 valence electrons. The average molecular weight is 338 g/mol. The second kappa shape index (κ2) is 5.98. The molecule has 1 aromatic rings. The van der Waals surface area contributed by atoms with E-state index in [-0.39, 0.29) is 11.3 Å². The fourth-order valence-electron chi connectivity index (χ4n) is 3.07. The molecule has 2 aliphatic carbocycles. The van der Waals surface area contributed by atoms with Gasteiger partial charge in [0.15, 0.2) is 16.8 Å². The first-order valence-electron chi connectivity index (χ1n) is 8.23. The van der Waals surface area contributed by atoms with Crippen molar-refractivity contribution >= 4 is 11.1 Å². The second-order valence-electron chi connectivity index (χ2n) is 6.29. The van der Waals surface area contributed by atoms with E-state index < -0.39 is 5.91 Å². The monoisotopic (exact) mass is 338 g/mol. The normalized spacial score (nSPS) is 19.8. The number of fused-ring (bicyclic) bond motifs is 2. The Morgan fingerprint density at radius 3 is 2.96 bits per heavy atom. The van der Waals surface area contributed by atoms with Crippen LogP contribution in [0.4, 0.5) is 0 Å². The van der Waals surface area contributed by atoms with Gasteiger partial charge in [0.2, 0.25) is 0 Å². The first-order chi connectivity index (χ1) is 12.0. The lowest BCUT2D eigenvalue weighted by Gasteiger charge is -2.32. The maximum Gasteiger partial charge on any atom is 0.271 e. The van der Waals surface area contributed by atoms with Crippen molar-refractivity contribution in [3.05, 3.63) is 58.8 Å². The summed E-state index contributed by atoms with van der Waals surface area (Å²) in [5.41, 5.74) is 7.50. The molecule has 1 heterocycles. The molecule has 0 bridgehead atoms. The molecule has 6 heteroatoms. The highest BCUT2D eigenvalue weighted by Gasteiger charge is 2.34. The lowest BCUT2D eigenvalue weighted by atomic mass is 9.93. The van der Waals surface area contributed by atoms with Gasteiger partial charge in [-0.05, 0) is 43.5 Å². The number of hydrogen-bond acceptors (Lipinski definition) is 6. The van der Waals surface area contributed by atoms with E-state index in [0.29, 0.717) is 28.3 Å². The molecular formula is C19H18N2O4. The lowest BCUT2D eigenvalue weighted by molar-refractivity contribution is -0.164. The number of aromatic nitrogens is 1. The molecule has 1 aliphatic heterocycles. The Balaban J connectivity index is 1.70. The molecule has 3 N–H and O–H groups in total. The van der Waals surface area contributed by atoms with Crippen LogP contribution in [-0.2, 0) is 0 Å². The molecule has 2 atom stereocenters. The van der Waals surface area contributed by atoms with Gasteiger partial charge in [-0.25, -0.2) is 4.98 Å². The minimum Gasteiger partial charge on any atom is -0.453 e. The van der Waals surface area contributed by atoms with Gasteiger partial charge in [0, 0.05) is 12.1 Å². The van der Waals surface area contributed by atoms with Crippen LogP contribution in [0.3, 0.4) is 0 Å². The van der Waals surface area contributed by atoms with Gasteiger partial charge in [0.05, 0.1) is 5.92 Å².